The van der Waals surface area contributed by atoms with E-state index in [-0.39, 0.29) is 0 Å². The Morgan fingerprint density at radius 1 is 1.23 bits per heavy atom. The van der Waals surface area contributed by atoms with Crippen LogP contribution in [0.4, 0.5) is 0 Å². The van der Waals surface area contributed by atoms with Crippen LogP contribution in [0, 0.1) is 40.9 Å². The van der Waals surface area contributed by atoms with Crippen molar-refractivity contribution in [3.8, 4) is 0 Å². The number of hydrogen-bond donors (Lipinski definition) is 0. The molecule has 13 heavy (non-hydrogen) atoms. The molecule has 0 aromatic carbocycles. The lowest BCUT2D eigenvalue weighted by Crippen LogP contribution is -2.77. The molecule has 0 radical (unpaired) electrons. The highest BCUT2D eigenvalue weighted by atomic mass is 14.8. The van der Waals surface area contributed by atoms with Crippen LogP contribution < -0.4 is 0 Å². The minimum Gasteiger partial charge on any atom is -0.0651 e. The van der Waals surface area contributed by atoms with Crippen molar-refractivity contribution in [2.24, 2.45) is 40.9 Å². The van der Waals surface area contributed by atoms with Crippen molar-refractivity contribution in [2.45, 2.75) is 39.5 Å². The molecule has 1 spiro atoms. The molecule has 5 aliphatic rings. The van der Waals surface area contributed by atoms with Crippen molar-refractivity contribution in [1.82, 2.24) is 0 Å². The summed E-state index contributed by atoms with van der Waals surface area (Å²) in [5.41, 5.74) is 0.908. The molecule has 0 aliphatic heterocycles. The van der Waals surface area contributed by atoms with E-state index >= 15 is 0 Å². The van der Waals surface area contributed by atoms with Crippen LogP contribution in [-0.2, 0) is 0 Å². The third kappa shape index (κ3) is 0.500. The summed E-state index contributed by atoms with van der Waals surface area (Å²) in [7, 11) is 0. The molecule has 7 unspecified atom stereocenters. The Morgan fingerprint density at radius 2 is 2.08 bits per heavy atom. The van der Waals surface area contributed by atoms with E-state index in [1.807, 2.05) is 0 Å². The first-order chi connectivity index (χ1) is 6.29. The largest absolute Gasteiger partial charge is 0.0651 e. The summed E-state index contributed by atoms with van der Waals surface area (Å²) in [4.78, 5) is 0. The fraction of sp³-hybridized carbons (Fsp3) is 1.00. The molecule has 0 nitrogen and oxygen atoms in total. The Labute approximate surface area is 81.1 Å². The van der Waals surface area contributed by atoms with Gasteiger partial charge in [0.15, 0.2) is 0 Å². The first kappa shape index (κ1) is 7.31. The van der Waals surface area contributed by atoms with Gasteiger partial charge in [-0.1, -0.05) is 20.3 Å². The van der Waals surface area contributed by atoms with Gasteiger partial charge in [-0.25, -0.2) is 0 Å². The second-order valence-electron chi connectivity index (χ2n) is 6.30. The molecular weight excluding hydrogens is 156 g/mol. The highest BCUT2D eigenvalue weighted by Gasteiger charge is 2.77. The summed E-state index contributed by atoms with van der Waals surface area (Å²) in [6.07, 6.45) is 6.34. The van der Waals surface area contributed by atoms with E-state index in [1.165, 1.54) is 24.2 Å². The maximum absolute atomic E-state index is 2.56. The molecule has 7 atom stereocenters. The average molecular weight is 176 g/mol. The molecular formula is C13H20. The number of rotatable bonds is 1. The van der Waals surface area contributed by atoms with Crippen LogP contribution in [0.25, 0.3) is 0 Å². The van der Waals surface area contributed by atoms with Crippen molar-refractivity contribution in [3.63, 3.8) is 0 Å². The first-order valence-electron chi connectivity index (χ1n) is 6.29. The van der Waals surface area contributed by atoms with E-state index in [9.17, 15) is 0 Å². The quantitative estimate of drug-likeness (QED) is 0.575. The Kier molecular flexibility index (Phi) is 1.04. The fourth-order valence-corrected chi connectivity index (χ4v) is 6.20. The molecule has 0 amide bonds. The standard InChI is InChI=1S/C13H20/c1-3-11-10-5-8-4-9-6-13(11,7(9)2)12(8)10/h7-12H,3-6H2,1-2H3. The molecule has 0 saturated heterocycles. The van der Waals surface area contributed by atoms with Gasteiger partial charge in [-0.3, -0.25) is 0 Å². The Hall–Kier alpha value is 0. The molecule has 5 aliphatic carbocycles. The van der Waals surface area contributed by atoms with Gasteiger partial charge in [0.25, 0.3) is 0 Å². The zero-order valence-electron chi connectivity index (χ0n) is 8.79. The van der Waals surface area contributed by atoms with Crippen molar-refractivity contribution < 1.29 is 0 Å². The molecule has 2 bridgehead atoms. The zero-order valence-corrected chi connectivity index (χ0v) is 8.79. The van der Waals surface area contributed by atoms with Gasteiger partial charge < -0.3 is 0 Å². The van der Waals surface area contributed by atoms with E-state index in [2.05, 4.69) is 13.8 Å². The second-order valence-corrected chi connectivity index (χ2v) is 6.30. The second kappa shape index (κ2) is 1.85. The van der Waals surface area contributed by atoms with Crippen LogP contribution >= 0.6 is 0 Å². The number of hydrogen-bond acceptors (Lipinski definition) is 0. The van der Waals surface area contributed by atoms with E-state index in [0.717, 1.165) is 23.2 Å². The average Bonchev–Trinajstić information content (AvgIpc) is 2.06. The van der Waals surface area contributed by atoms with Gasteiger partial charge in [0.2, 0.25) is 0 Å². The molecule has 0 heterocycles. The molecule has 5 fully saturated rings. The Balaban J connectivity index is 1.75. The lowest BCUT2D eigenvalue weighted by atomic mass is 9.21. The van der Waals surface area contributed by atoms with Gasteiger partial charge in [-0.15, -0.1) is 0 Å². The maximum Gasteiger partial charge on any atom is -0.0202 e. The molecule has 0 aromatic heterocycles. The minimum absolute atomic E-state index is 0.908. The van der Waals surface area contributed by atoms with Crippen molar-refractivity contribution in [1.29, 1.82) is 0 Å². The SMILES string of the molecule is CCC1C2CC3CC4CC1(C4C)C32. The van der Waals surface area contributed by atoms with Gasteiger partial charge in [0.1, 0.15) is 0 Å². The van der Waals surface area contributed by atoms with Crippen molar-refractivity contribution >= 4 is 0 Å². The van der Waals surface area contributed by atoms with Gasteiger partial charge >= 0.3 is 0 Å². The lowest BCUT2D eigenvalue weighted by Gasteiger charge is -2.83. The van der Waals surface area contributed by atoms with Gasteiger partial charge in [0.05, 0.1) is 0 Å². The van der Waals surface area contributed by atoms with Crippen LogP contribution in [0.3, 0.4) is 0 Å². The van der Waals surface area contributed by atoms with E-state index in [1.54, 1.807) is 19.3 Å². The third-order valence-electron chi connectivity index (χ3n) is 6.59. The summed E-state index contributed by atoms with van der Waals surface area (Å²) in [5.74, 6) is 7.02. The minimum atomic E-state index is 0.908. The summed E-state index contributed by atoms with van der Waals surface area (Å²) in [5, 5.41) is 0. The fourth-order valence-electron chi connectivity index (χ4n) is 6.20. The Bertz CT molecular complexity index is 261. The smallest absolute Gasteiger partial charge is 0.0202 e. The van der Waals surface area contributed by atoms with E-state index in [4.69, 9.17) is 0 Å². The van der Waals surface area contributed by atoms with Crippen LogP contribution in [0.2, 0.25) is 0 Å². The zero-order chi connectivity index (χ0) is 8.79. The summed E-state index contributed by atoms with van der Waals surface area (Å²) < 4.78 is 0. The molecule has 0 heteroatoms. The van der Waals surface area contributed by atoms with E-state index < -0.39 is 0 Å². The van der Waals surface area contributed by atoms with Crippen molar-refractivity contribution in [2.75, 3.05) is 0 Å². The van der Waals surface area contributed by atoms with Crippen molar-refractivity contribution in [3.05, 3.63) is 0 Å². The van der Waals surface area contributed by atoms with Gasteiger partial charge in [-0.2, -0.15) is 0 Å². The third-order valence-corrected chi connectivity index (χ3v) is 6.59. The normalized spacial score (nSPS) is 71.5. The van der Waals surface area contributed by atoms with Crippen LogP contribution in [0.1, 0.15) is 39.5 Å². The van der Waals surface area contributed by atoms with E-state index in [0.29, 0.717) is 0 Å². The molecule has 0 aromatic rings. The predicted octanol–water partition coefficient (Wildman–Crippen LogP) is 3.32. The lowest BCUT2D eigenvalue weighted by molar-refractivity contribution is -0.351. The molecule has 5 rings (SSSR count). The monoisotopic (exact) mass is 176 g/mol. The molecule has 5 saturated carbocycles. The van der Waals surface area contributed by atoms with Crippen LogP contribution in [0.15, 0.2) is 0 Å². The van der Waals surface area contributed by atoms with Gasteiger partial charge in [-0.05, 0) is 60.2 Å². The predicted molar refractivity (Wildman–Crippen MR) is 53.2 cm³/mol. The molecule has 0 N–H and O–H groups in total. The van der Waals surface area contributed by atoms with Crippen LogP contribution in [-0.4, -0.2) is 0 Å². The van der Waals surface area contributed by atoms with Crippen LogP contribution in [0.5, 0.6) is 0 Å². The maximum atomic E-state index is 2.56. The topological polar surface area (TPSA) is 0 Å². The summed E-state index contributed by atoms with van der Waals surface area (Å²) >= 11 is 0. The highest BCUT2D eigenvalue weighted by Crippen LogP contribution is 2.83. The highest BCUT2D eigenvalue weighted by molar-refractivity contribution is 5.25. The van der Waals surface area contributed by atoms with Gasteiger partial charge in [0, 0.05) is 0 Å². The molecule has 72 valence electrons. The first-order valence-corrected chi connectivity index (χ1v) is 6.29. The summed E-state index contributed by atoms with van der Waals surface area (Å²) in [6, 6.07) is 0. The summed E-state index contributed by atoms with van der Waals surface area (Å²) in [6.45, 7) is 4.99. The Morgan fingerprint density at radius 3 is 2.77 bits per heavy atom.